The lowest BCUT2D eigenvalue weighted by atomic mass is 9.86. The van der Waals surface area contributed by atoms with Crippen molar-refractivity contribution >= 4 is 50.5 Å². The van der Waals surface area contributed by atoms with Crippen molar-refractivity contribution in [1.82, 2.24) is 20.3 Å². The number of anilines is 1. The van der Waals surface area contributed by atoms with Gasteiger partial charge in [-0.2, -0.15) is 0 Å². The van der Waals surface area contributed by atoms with E-state index >= 15 is 0 Å². The summed E-state index contributed by atoms with van der Waals surface area (Å²) < 4.78 is 35.3. The van der Waals surface area contributed by atoms with Gasteiger partial charge in [0.2, 0.25) is 10.0 Å². The normalized spacial score (nSPS) is 17.3. The first-order valence-corrected chi connectivity index (χ1v) is 17.2. The lowest BCUT2D eigenvalue weighted by molar-refractivity contribution is 0.109. The molecular formula is C31H41N5O4S3. The van der Waals surface area contributed by atoms with Crippen LogP contribution < -0.4 is 20.7 Å². The second-order valence-corrected chi connectivity index (χ2v) is 15.2. The molecule has 43 heavy (non-hydrogen) atoms. The van der Waals surface area contributed by atoms with Crippen molar-refractivity contribution in [2.45, 2.75) is 95.3 Å². The number of sulfonamides is 1. The van der Waals surface area contributed by atoms with E-state index in [0.29, 0.717) is 22.9 Å². The summed E-state index contributed by atoms with van der Waals surface area (Å²) in [6, 6.07) is 15.2. The maximum Gasteiger partial charge on any atom is 0.407 e. The zero-order valence-corrected chi connectivity index (χ0v) is 27.7. The van der Waals surface area contributed by atoms with Crippen molar-refractivity contribution in [3.8, 4) is 10.4 Å². The van der Waals surface area contributed by atoms with E-state index in [1.807, 2.05) is 71.0 Å². The Balaban J connectivity index is 1.50. The van der Waals surface area contributed by atoms with Gasteiger partial charge in [-0.15, -0.1) is 11.3 Å². The minimum Gasteiger partial charge on any atom is -0.447 e. The molecular weight excluding hydrogens is 603 g/mol. The number of hydrogen-bond donors (Lipinski definition) is 4. The van der Waals surface area contributed by atoms with Crippen LogP contribution in [0.4, 0.5) is 10.5 Å². The molecule has 9 nitrogen and oxygen atoms in total. The fraction of sp³-hybridized carbons (Fsp3) is 0.452. The number of alkyl carbamates (subject to hydrolysis) is 1. The smallest absolute Gasteiger partial charge is 0.407 e. The first kappa shape index (κ1) is 32.8. The highest BCUT2D eigenvalue weighted by atomic mass is 32.2. The number of ether oxygens (including phenoxy) is 1. The summed E-state index contributed by atoms with van der Waals surface area (Å²) in [5.41, 5.74) is 1.56. The van der Waals surface area contributed by atoms with E-state index in [2.05, 4.69) is 20.7 Å². The number of carbonyl (C=O) groups excluding carboxylic acids is 1. The predicted octanol–water partition coefficient (Wildman–Crippen LogP) is 6.53. The lowest BCUT2D eigenvalue weighted by Crippen LogP contribution is -2.40. The number of carbonyl (C=O) groups is 1. The Bertz CT molecular complexity index is 1510. The molecule has 0 bridgehead atoms. The predicted molar refractivity (Wildman–Crippen MR) is 177 cm³/mol. The van der Waals surface area contributed by atoms with Crippen molar-refractivity contribution in [2.75, 3.05) is 5.32 Å². The second kappa shape index (κ2) is 14.1. The van der Waals surface area contributed by atoms with Crippen molar-refractivity contribution < 1.29 is 17.9 Å². The van der Waals surface area contributed by atoms with Gasteiger partial charge in [0, 0.05) is 41.5 Å². The van der Waals surface area contributed by atoms with E-state index in [0.717, 1.165) is 41.1 Å². The number of benzene rings is 2. The van der Waals surface area contributed by atoms with Gasteiger partial charge < -0.3 is 20.7 Å². The topological polar surface area (TPSA) is 121 Å². The largest absolute Gasteiger partial charge is 0.447 e. The van der Waals surface area contributed by atoms with E-state index in [1.165, 1.54) is 11.3 Å². The van der Waals surface area contributed by atoms with E-state index in [1.54, 1.807) is 18.3 Å². The van der Waals surface area contributed by atoms with Gasteiger partial charge in [0.15, 0.2) is 5.11 Å². The maximum atomic E-state index is 13.6. The van der Waals surface area contributed by atoms with E-state index in [9.17, 15) is 13.2 Å². The molecule has 1 heterocycles. The number of nitrogens with one attached hydrogen (secondary N) is 4. The summed E-state index contributed by atoms with van der Waals surface area (Å²) in [6.45, 7) is 9.64. The number of aromatic nitrogens is 1. The molecule has 0 atom stereocenters. The van der Waals surface area contributed by atoms with Crippen LogP contribution >= 0.6 is 23.6 Å². The Morgan fingerprint density at radius 2 is 1.79 bits per heavy atom. The Morgan fingerprint density at radius 3 is 2.44 bits per heavy atom. The fourth-order valence-electron chi connectivity index (χ4n) is 4.94. The highest BCUT2D eigenvalue weighted by molar-refractivity contribution is 7.89. The monoisotopic (exact) mass is 643 g/mol. The number of hydrogen-bond acceptors (Lipinski definition) is 7. The Hall–Kier alpha value is -3.06. The number of thiocarbonyl (C=S) groups is 1. The molecule has 0 saturated heterocycles. The molecule has 0 radical (unpaired) electrons. The van der Waals surface area contributed by atoms with E-state index in [4.69, 9.17) is 21.9 Å². The van der Waals surface area contributed by atoms with Crippen LogP contribution in [-0.2, 0) is 21.3 Å². The molecule has 1 amide bonds. The zero-order chi connectivity index (χ0) is 31.2. The van der Waals surface area contributed by atoms with Crippen LogP contribution in [0.2, 0.25) is 0 Å². The van der Waals surface area contributed by atoms with Gasteiger partial charge in [-0.25, -0.2) is 22.9 Å². The molecule has 232 valence electrons. The van der Waals surface area contributed by atoms with Gasteiger partial charge in [-0.05, 0) is 90.2 Å². The zero-order valence-electron chi connectivity index (χ0n) is 25.3. The minimum absolute atomic E-state index is 0.0791. The third-order valence-corrected chi connectivity index (χ3v) is 10.0. The van der Waals surface area contributed by atoms with Gasteiger partial charge in [-0.1, -0.05) is 36.4 Å². The highest BCUT2D eigenvalue weighted by Gasteiger charge is 2.29. The van der Waals surface area contributed by atoms with Crippen LogP contribution in [0.5, 0.6) is 0 Å². The second-order valence-electron chi connectivity index (χ2n) is 12.1. The quantitative estimate of drug-likeness (QED) is 0.194. The molecule has 0 unspecified atom stereocenters. The molecule has 4 N–H and O–H groups in total. The van der Waals surface area contributed by atoms with Crippen molar-refractivity contribution in [1.29, 1.82) is 0 Å². The van der Waals surface area contributed by atoms with E-state index < -0.39 is 15.6 Å². The lowest BCUT2D eigenvalue weighted by Gasteiger charge is -2.28. The van der Waals surface area contributed by atoms with Crippen LogP contribution in [0.3, 0.4) is 0 Å². The average Bonchev–Trinajstić information content (AvgIpc) is 3.41. The fourth-order valence-corrected chi connectivity index (χ4v) is 7.98. The number of rotatable bonds is 9. The molecule has 1 aliphatic carbocycles. The van der Waals surface area contributed by atoms with Crippen LogP contribution in [-0.4, -0.2) is 42.3 Å². The molecule has 1 aliphatic rings. The van der Waals surface area contributed by atoms with Gasteiger partial charge >= 0.3 is 6.09 Å². The number of thiazole rings is 1. The molecule has 1 fully saturated rings. The van der Waals surface area contributed by atoms with Gasteiger partial charge in [-0.3, -0.25) is 0 Å². The van der Waals surface area contributed by atoms with Gasteiger partial charge in [0.05, 0.1) is 20.9 Å². The summed E-state index contributed by atoms with van der Waals surface area (Å²) in [6.07, 6.45) is 4.66. The maximum absolute atomic E-state index is 13.6. The van der Waals surface area contributed by atoms with Crippen LogP contribution in [0.15, 0.2) is 59.6 Å². The van der Waals surface area contributed by atoms with Crippen LogP contribution in [0, 0.1) is 0 Å². The molecule has 0 aliphatic heterocycles. The SMILES string of the molecule is CC(C)OC(=O)NC1CCC(c2ncc(-c3ccc(NC(=S)NCc4ccccc4)cc3S(=O)(=O)NC(C)(C)C)s2)CC1. The minimum atomic E-state index is -3.88. The van der Waals surface area contributed by atoms with Gasteiger partial charge in [0.1, 0.15) is 0 Å². The van der Waals surface area contributed by atoms with Crippen LogP contribution in [0.25, 0.3) is 10.4 Å². The molecule has 1 saturated carbocycles. The molecule has 2 aromatic carbocycles. The molecule has 4 rings (SSSR count). The first-order valence-electron chi connectivity index (χ1n) is 14.5. The molecule has 12 heteroatoms. The highest BCUT2D eigenvalue weighted by Crippen LogP contribution is 2.40. The average molecular weight is 644 g/mol. The van der Waals surface area contributed by atoms with E-state index in [-0.39, 0.29) is 29.1 Å². The van der Waals surface area contributed by atoms with Crippen molar-refractivity contribution in [3.63, 3.8) is 0 Å². The first-order chi connectivity index (χ1) is 20.3. The van der Waals surface area contributed by atoms with Gasteiger partial charge in [0.25, 0.3) is 0 Å². The molecule has 3 aromatic rings. The third-order valence-electron chi connectivity index (χ3n) is 6.80. The standard InChI is InChI=1S/C31H41N5O4S3/c1-20(2)40-30(37)35-23-13-11-22(12-14-23)28-32-19-26(42-28)25-16-15-24(17-27(25)43(38,39)36-31(3,4)5)34-29(41)33-18-21-9-7-6-8-10-21/h6-10,15-17,19-20,22-23,36H,11-14,18H2,1-5H3,(H,35,37)(H2,33,34,41). The summed E-state index contributed by atoms with van der Waals surface area (Å²) in [7, 11) is -3.88. The Kier molecular flexibility index (Phi) is 10.8. The number of nitrogens with zero attached hydrogens (tertiary/aromatic N) is 1. The summed E-state index contributed by atoms with van der Waals surface area (Å²) in [5.74, 6) is 0.250. The summed E-state index contributed by atoms with van der Waals surface area (Å²) in [4.78, 5) is 17.6. The van der Waals surface area contributed by atoms with Crippen LogP contribution in [0.1, 0.15) is 76.8 Å². The van der Waals surface area contributed by atoms with Crippen molar-refractivity contribution in [2.24, 2.45) is 0 Å². The molecule has 0 spiro atoms. The number of amides is 1. The Labute approximate surface area is 264 Å². The molecule has 1 aromatic heterocycles. The van der Waals surface area contributed by atoms with Crippen molar-refractivity contribution in [3.05, 3.63) is 65.3 Å². The third kappa shape index (κ3) is 9.72. The summed E-state index contributed by atoms with van der Waals surface area (Å²) in [5, 5.41) is 10.6. The Morgan fingerprint density at radius 1 is 1.09 bits per heavy atom. The summed E-state index contributed by atoms with van der Waals surface area (Å²) >= 11 is 7.00.